The number of carbonyl (C=O) groups excluding carboxylic acids is 1. The van der Waals surface area contributed by atoms with Crippen LogP contribution in [-0.2, 0) is 16.7 Å². The van der Waals surface area contributed by atoms with Gasteiger partial charge in [0.15, 0.2) is 8.68 Å². The van der Waals surface area contributed by atoms with Gasteiger partial charge in [0.2, 0.25) is 0 Å². The standard InChI is InChI=1S/C19H14ClF3N4OS3/c20-15-7-3-13(4-8-15)10-29-17-26-27-18(31-17)30-11-16(28)25-24-9-12-1-5-14(6-2-12)19(21,22)23/h1-9H,10-11H2,(H,25,28). The van der Waals surface area contributed by atoms with Crippen LogP contribution in [0.4, 0.5) is 13.2 Å². The summed E-state index contributed by atoms with van der Waals surface area (Å²) in [7, 11) is 0. The van der Waals surface area contributed by atoms with E-state index in [1.807, 2.05) is 24.3 Å². The summed E-state index contributed by atoms with van der Waals surface area (Å²) >= 11 is 10.0. The third kappa shape index (κ3) is 7.84. The predicted molar refractivity (Wildman–Crippen MR) is 119 cm³/mol. The first-order valence-electron chi connectivity index (χ1n) is 8.62. The zero-order chi connectivity index (χ0) is 22.3. The van der Waals surface area contributed by atoms with E-state index in [1.165, 1.54) is 41.4 Å². The highest BCUT2D eigenvalue weighted by atomic mass is 35.5. The van der Waals surface area contributed by atoms with Gasteiger partial charge in [-0.3, -0.25) is 4.79 Å². The number of thioether (sulfide) groups is 2. The van der Waals surface area contributed by atoms with E-state index >= 15 is 0 Å². The molecule has 0 aliphatic rings. The van der Waals surface area contributed by atoms with Crippen molar-refractivity contribution in [1.29, 1.82) is 0 Å². The molecule has 0 fully saturated rings. The molecule has 0 atom stereocenters. The Morgan fingerprint density at radius 2 is 1.71 bits per heavy atom. The zero-order valence-electron chi connectivity index (χ0n) is 15.6. The third-order valence-electron chi connectivity index (χ3n) is 3.63. The van der Waals surface area contributed by atoms with Crippen LogP contribution < -0.4 is 5.43 Å². The highest BCUT2D eigenvalue weighted by molar-refractivity contribution is 8.03. The van der Waals surface area contributed by atoms with Crippen LogP contribution >= 0.6 is 46.5 Å². The van der Waals surface area contributed by atoms with Crippen molar-refractivity contribution in [3.8, 4) is 0 Å². The van der Waals surface area contributed by atoms with Crippen molar-refractivity contribution < 1.29 is 18.0 Å². The first-order valence-corrected chi connectivity index (χ1v) is 11.8. The Morgan fingerprint density at radius 1 is 1.06 bits per heavy atom. The van der Waals surface area contributed by atoms with Crippen LogP contribution in [0.2, 0.25) is 5.02 Å². The Hall–Kier alpha value is -2.08. The molecular weight excluding hydrogens is 489 g/mol. The van der Waals surface area contributed by atoms with Gasteiger partial charge in [-0.25, -0.2) is 5.43 Å². The summed E-state index contributed by atoms with van der Waals surface area (Å²) in [5.41, 5.74) is 3.14. The molecule has 1 N–H and O–H groups in total. The van der Waals surface area contributed by atoms with E-state index in [4.69, 9.17) is 11.6 Å². The second-order valence-electron chi connectivity index (χ2n) is 5.95. The van der Waals surface area contributed by atoms with Crippen molar-refractivity contribution in [2.24, 2.45) is 5.10 Å². The molecule has 3 rings (SSSR count). The number of alkyl halides is 3. The van der Waals surface area contributed by atoms with Crippen molar-refractivity contribution >= 4 is 58.6 Å². The lowest BCUT2D eigenvalue weighted by Gasteiger charge is -2.05. The monoisotopic (exact) mass is 502 g/mol. The maximum atomic E-state index is 12.5. The Morgan fingerprint density at radius 3 is 2.35 bits per heavy atom. The van der Waals surface area contributed by atoms with E-state index < -0.39 is 11.7 Å². The van der Waals surface area contributed by atoms with E-state index in [9.17, 15) is 18.0 Å². The fourth-order valence-corrected chi connectivity index (χ4v) is 5.03. The van der Waals surface area contributed by atoms with Crippen LogP contribution in [0.1, 0.15) is 16.7 Å². The van der Waals surface area contributed by atoms with Gasteiger partial charge in [0, 0.05) is 10.8 Å². The summed E-state index contributed by atoms with van der Waals surface area (Å²) in [6, 6.07) is 12.0. The molecule has 162 valence electrons. The summed E-state index contributed by atoms with van der Waals surface area (Å²) < 4.78 is 39.0. The number of halogens is 4. The number of amides is 1. The lowest BCUT2D eigenvalue weighted by Crippen LogP contribution is -2.19. The molecule has 3 aromatic rings. The molecule has 0 aliphatic carbocycles. The number of rotatable bonds is 8. The van der Waals surface area contributed by atoms with Gasteiger partial charge in [0.25, 0.3) is 5.91 Å². The Kier molecular flexibility index (Phi) is 8.35. The van der Waals surface area contributed by atoms with Gasteiger partial charge in [0.05, 0.1) is 17.5 Å². The molecular formula is C19H14ClF3N4OS3. The van der Waals surface area contributed by atoms with Crippen LogP contribution in [0, 0.1) is 0 Å². The Labute approximate surface area is 193 Å². The molecule has 31 heavy (non-hydrogen) atoms. The fraction of sp³-hybridized carbons (Fsp3) is 0.158. The number of benzene rings is 2. The molecule has 0 spiro atoms. The van der Waals surface area contributed by atoms with E-state index in [2.05, 4.69) is 20.7 Å². The fourth-order valence-electron chi connectivity index (χ4n) is 2.14. The average molecular weight is 503 g/mol. The molecule has 0 saturated heterocycles. The van der Waals surface area contributed by atoms with Crippen molar-refractivity contribution in [1.82, 2.24) is 15.6 Å². The summed E-state index contributed by atoms with van der Waals surface area (Å²) in [6.07, 6.45) is -3.11. The van der Waals surface area contributed by atoms with Gasteiger partial charge < -0.3 is 0 Å². The van der Waals surface area contributed by atoms with Gasteiger partial charge in [-0.1, -0.05) is 70.7 Å². The van der Waals surface area contributed by atoms with E-state index in [1.54, 1.807) is 11.8 Å². The second kappa shape index (κ2) is 11.0. The summed E-state index contributed by atoms with van der Waals surface area (Å²) in [6.45, 7) is 0. The number of hydrazone groups is 1. The SMILES string of the molecule is O=C(CSc1nnc(SCc2ccc(Cl)cc2)s1)NN=Cc1ccc(C(F)(F)F)cc1. The number of hydrogen-bond acceptors (Lipinski definition) is 7. The molecule has 0 saturated carbocycles. The molecule has 0 aliphatic heterocycles. The van der Waals surface area contributed by atoms with Crippen molar-refractivity contribution in [3.05, 3.63) is 70.2 Å². The minimum absolute atomic E-state index is 0.0842. The highest BCUT2D eigenvalue weighted by Crippen LogP contribution is 2.31. The quantitative estimate of drug-likeness (QED) is 0.241. The lowest BCUT2D eigenvalue weighted by atomic mass is 10.1. The Bertz CT molecular complexity index is 1040. The van der Waals surface area contributed by atoms with E-state index in [-0.39, 0.29) is 11.7 Å². The van der Waals surface area contributed by atoms with Crippen molar-refractivity contribution in [3.63, 3.8) is 0 Å². The van der Waals surface area contributed by atoms with Gasteiger partial charge >= 0.3 is 6.18 Å². The maximum absolute atomic E-state index is 12.5. The first-order chi connectivity index (χ1) is 14.8. The van der Waals surface area contributed by atoms with Gasteiger partial charge in [0.1, 0.15) is 0 Å². The maximum Gasteiger partial charge on any atom is 0.416 e. The summed E-state index contributed by atoms with van der Waals surface area (Å²) in [4.78, 5) is 11.9. The van der Waals surface area contributed by atoms with Crippen LogP contribution in [0.15, 0.2) is 62.3 Å². The molecule has 0 radical (unpaired) electrons. The molecule has 12 heteroatoms. The van der Waals surface area contributed by atoms with Crippen molar-refractivity contribution in [2.45, 2.75) is 20.6 Å². The minimum Gasteiger partial charge on any atom is -0.272 e. The van der Waals surface area contributed by atoms with Gasteiger partial charge in [-0.15, -0.1) is 10.2 Å². The largest absolute Gasteiger partial charge is 0.416 e. The highest BCUT2D eigenvalue weighted by Gasteiger charge is 2.29. The third-order valence-corrected chi connectivity index (χ3v) is 7.14. The zero-order valence-corrected chi connectivity index (χ0v) is 18.8. The molecule has 1 aromatic heterocycles. The first kappa shape index (κ1) is 23.6. The van der Waals surface area contributed by atoms with E-state index in [0.29, 0.717) is 14.9 Å². The number of nitrogens with one attached hydrogen (secondary N) is 1. The lowest BCUT2D eigenvalue weighted by molar-refractivity contribution is -0.137. The number of nitrogens with zero attached hydrogens (tertiary/aromatic N) is 3. The predicted octanol–water partition coefficient (Wildman–Crippen LogP) is 5.75. The van der Waals surface area contributed by atoms with Crippen LogP contribution in [0.25, 0.3) is 0 Å². The number of aromatic nitrogens is 2. The summed E-state index contributed by atoms with van der Waals surface area (Å²) in [5, 5.41) is 12.6. The second-order valence-corrected chi connectivity index (χ2v) is 9.81. The molecule has 0 unspecified atom stereocenters. The average Bonchev–Trinajstić information content (AvgIpc) is 3.19. The summed E-state index contributed by atoms with van der Waals surface area (Å²) in [5.74, 6) is 0.454. The van der Waals surface area contributed by atoms with Gasteiger partial charge in [-0.05, 0) is 35.4 Å². The molecule has 0 bridgehead atoms. The number of carbonyl (C=O) groups is 1. The van der Waals surface area contributed by atoms with Crippen LogP contribution in [0.5, 0.6) is 0 Å². The molecule has 1 amide bonds. The normalized spacial score (nSPS) is 11.7. The smallest absolute Gasteiger partial charge is 0.272 e. The van der Waals surface area contributed by atoms with Crippen LogP contribution in [0.3, 0.4) is 0 Å². The topological polar surface area (TPSA) is 67.2 Å². The van der Waals surface area contributed by atoms with Crippen molar-refractivity contribution in [2.75, 3.05) is 5.75 Å². The molecule has 5 nitrogen and oxygen atoms in total. The molecule has 2 aromatic carbocycles. The van der Waals surface area contributed by atoms with Crippen LogP contribution in [-0.4, -0.2) is 28.1 Å². The van der Waals surface area contributed by atoms with Gasteiger partial charge in [-0.2, -0.15) is 18.3 Å². The Balaban J connectivity index is 1.40. The number of hydrogen-bond donors (Lipinski definition) is 1. The van der Waals surface area contributed by atoms with E-state index in [0.717, 1.165) is 27.8 Å². The molecule has 1 heterocycles. The minimum atomic E-state index is -4.39.